The van der Waals surface area contributed by atoms with E-state index in [2.05, 4.69) is 25.5 Å². The minimum absolute atomic E-state index is 0.113. The van der Waals surface area contributed by atoms with Crippen LogP contribution in [0.25, 0.3) is 0 Å². The van der Waals surface area contributed by atoms with Crippen LogP contribution in [0.15, 0.2) is 0 Å². The van der Waals surface area contributed by atoms with Crippen molar-refractivity contribution in [3.63, 3.8) is 0 Å². The molecule has 1 rings (SSSR count). The molecule has 1 aliphatic rings. The summed E-state index contributed by atoms with van der Waals surface area (Å²) in [6.45, 7) is 7.57. The van der Waals surface area contributed by atoms with Crippen LogP contribution in [-0.2, 0) is 14.3 Å². The molecule has 2 atom stereocenters. The number of rotatable bonds is 6. The number of hydrogen-bond acceptors (Lipinski definition) is 3. The molecule has 0 amide bonds. The maximum Gasteiger partial charge on any atom is 0.305 e. The number of carbonyl (C=O) groups is 1. The second-order valence-corrected chi connectivity index (χ2v) is 5.16. The van der Waals surface area contributed by atoms with E-state index in [0.29, 0.717) is 18.4 Å². The van der Waals surface area contributed by atoms with E-state index in [1.807, 2.05) is 0 Å². The Morgan fingerprint density at radius 1 is 1.60 bits per heavy atom. The summed E-state index contributed by atoms with van der Waals surface area (Å²) >= 11 is 0. The second kappa shape index (κ2) is 4.97. The first-order chi connectivity index (χ1) is 6.95. The maximum atomic E-state index is 11.1. The van der Waals surface area contributed by atoms with Gasteiger partial charge in [-0.15, -0.1) is 0 Å². The van der Waals surface area contributed by atoms with Gasteiger partial charge in [0.25, 0.3) is 0 Å². The summed E-state index contributed by atoms with van der Waals surface area (Å²) in [4.78, 5) is 11.1. The summed E-state index contributed by atoms with van der Waals surface area (Å²) in [5, 5.41) is 0. The smallest absolute Gasteiger partial charge is 0.305 e. The topological polar surface area (TPSA) is 38.8 Å². The largest absolute Gasteiger partial charge is 0.469 e. The Bertz CT molecular complexity index is 219. The average Bonchev–Trinajstić information content (AvgIpc) is 2.98. The average molecular weight is 214 g/mol. The quantitative estimate of drug-likeness (QED) is 0.503. The van der Waals surface area contributed by atoms with E-state index in [9.17, 15) is 4.79 Å². The molecule has 0 radical (unpaired) electrons. The van der Waals surface area contributed by atoms with Gasteiger partial charge in [-0.3, -0.25) is 4.79 Å². The van der Waals surface area contributed by atoms with Gasteiger partial charge >= 0.3 is 5.97 Å². The summed E-state index contributed by atoms with van der Waals surface area (Å²) in [6, 6.07) is 0. The highest BCUT2D eigenvalue weighted by Crippen LogP contribution is 2.37. The molecule has 3 heteroatoms. The molecule has 0 spiro atoms. The van der Waals surface area contributed by atoms with Gasteiger partial charge in [-0.25, -0.2) is 0 Å². The number of ether oxygens (including phenoxy) is 2. The molecule has 3 nitrogen and oxygen atoms in total. The van der Waals surface area contributed by atoms with E-state index in [0.717, 1.165) is 19.4 Å². The van der Waals surface area contributed by atoms with Gasteiger partial charge < -0.3 is 9.47 Å². The lowest BCUT2D eigenvalue weighted by Crippen LogP contribution is -2.24. The second-order valence-electron chi connectivity index (χ2n) is 5.16. The van der Waals surface area contributed by atoms with Crippen LogP contribution in [-0.4, -0.2) is 25.8 Å². The van der Waals surface area contributed by atoms with E-state index in [4.69, 9.17) is 4.74 Å². The molecule has 0 aromatic rings. The molecule has 1 fully saturated rings. The van der Waals surface area contributed by atoms with Gasteiger partial charge in [0.05, 0.1) is 19.8 Å². The molecule has 0 saturated carbocycles. The third kappa shape index (κ3) is 4.20. The number of methoxy groups -OCH3 is 1. The number of carbonyl (C=O) groups excluding carboxylic acids is 1. The molecule has 1 aliphatic heterocycles. The van der Waals surface area contributed by atoms with E-state index in [-0.39, 0.29) is 11.4 Å². The van der Waals surface area contributed by atoms with Gasteiger partial charge in [-0.1, -0.05) is 20.8 Å². The first-order valence-electron chi connectivity index (χ1n) is 5.64. The van der Waals surface area contributed by atoms with Gasteiger partial charge in [-0.2, -0.15) is 0 Å². The Morgan fingerprint density at radius 2 is 2.20 bits per heavy atom. The van der Waals surface area contributed by atoms with Gasteiger partial charge in [0.2, 0.25) is 0 Å². The molecule has 0 N–H and O–H groups in total. The van der Waals surface area contributed by atoms with Crippen LogP contribution in [0.5, 0.6) is 0 Å². The van der Waals surface area contributed by atoms with Crippen molar-refractivity contribution in [2.24, 2.45) is 11.3 Å². The van der Waals surface area contributed by atoms with E-state index >= 15 is 0 Å². The van der Waals surface area contributed by atoms with E-state index < -0.39 is 0 Å². The number of esters is 1. The fraction of sp³-hybridized carbons (Fsp3) is 0.917. The Morgan fingerprint density at radius 3 is 2.67 bits per heavy atom. The molecule has 1 heterocycles. The Balaban J connectivity index is 2.31. The van der Waals surface area contributed by atoms with Crippen molar-refractivity contribution in [2.45, 2.75) is 46.1 Å². The first-order valence-corrected chi connectivity index (χ1v) is 5.64. The number of epoxide rings is 1. The lowest BCUT2D eigenvalue weighted by molar-refractivity contribution is -0.141. The predicted molar refractivity (Wildman–Crippen MR) is 58.6 cm³/mol. The van der Waals surface area contributed by atoms with Gasteiger partial charge in [-0.05, 0) is 24.2 Å². The summed E-state index contributed by atoms with van der Waals surface area (Å²) in [7, 11) is 1.44. The summed E-state index contributed by atoms with van der Waals surface area (Å²) in [5.74, 6) is 0.465. The standard InChI is InChI=1S/C12H22O3/c1-9(7-10-8-15-10)12(2,3)6-5-11(13)14-4/h9-10H,5-8H2,1-4H3. The third-order valence-corrected chi connectivity index (χ3v) is 3.55. The lowest BCUT2D eigenvalue weighted by atomic mass is 9.74. The summed E-state index contributed by atoms with van der Waals surface area (Å²) in [6.07, 6.45) is 2.97. The molecular formula is C12H22O3. The van der Waals surface area contributed by atoms with E-state index in [1.165, 1.54) is 7.11 Å². The van der Waals surface area contributed by atoms with Crippen molar-refractivity contribution in [1.29, 1.82) is 0 Å². The van der Waals surface area contributed by atoms with Crippen LogP contribution in [0, 0.1) is 11.3 Å². The van der Waals surface area contributed by atoms with Gasteiger partial charge in [0, 0.05) is 6.42 Å². The van der Waals surface area contributed by atoms with Crippen molar-refractivity contribution in [3.8, 4) is 0 Å². The molecule has 88 valence electrons. The molecule has 15 heavy (non-hydrogen) atoms. The zero-order valence-electron chi connectivity index (χ0n) is 10.2. The van der Waals surface area contributed by atoms with Crippen molar-refractivity contribution < 1.29 is 14.3 Å². The molecule has 0 bridgehead atoms. The van der Waals surface area contributed by atoms with Crippen LogP contribution < -0.4 is 0 Å². The van der Waals surface area contributed by atoms with Crippen molar-refractivity contribution in [2.75, 3.05) is 13.7 Å². The highest BCUT2D eigenvalue weighted by atomic mass is 16.6. The molecule has 2 unspecified atom stereocenters. The zero-order chi connectivity index (χ0) is 11.5. The molecule has 0 aromatic carbocycles. The van der Waals surface area contributed by atoms with Crippen molar-refractivity contribution in [3.05, 3.63) is 0 Å². The van der Waals surface area contributed by atoms with E-state index in [1.54, 1.807) is 0 Å². The normalized spacial score (nSPS) is 22.3. The van der Waals surface area contributed by atoms with Crippen LogP contribution in [0.2, 0.25) is 0 Å². The summed E-state index contributed by atoms with van der Waals surface area (Å²) < 4.78 is 9.88. The Hall–Kier alpha value is -0.570. The monoisotopic (exact) mass is 214 g/mol. The first kappa shape index (κ1) is 12.5. The highest BCUT2D eigenvalue weighted by Gasteiger charge is 2.33. The van der Waals surface area contributed by atoms with Crippen LogP contribution in [0.4, 0.5) is 0 Å². The molecular weight excluding hydrogens is 192 g/mol. The minimum Gasteiger partial charge on any atom is -0.469 e. The van der Waals surface area contributed by atoms with Crippen molar-refractivity contribution in [1.82, 2.24) is 0 Å². The maximum absolute atomic E-state index is 11.1. The Labute approximate surface area is 92.1 Å². The van der Waals surface area contributed by atoms with Crippen LogP contribution >= 0.6 is 0 Å². The van der Waals surface area contributed by atoms with Gasteiger partial charge in [0.15, 0.2) is 0 Å². The minimum atomic E-state index is -0.113. The fourth-order valence-electron chi connectivity index (χ4n) is 1.69. The molecule has 1 saturated heterocycles. The summed E-state index contributed by atoms with van der Waals surface area (Å²) in [5.41, 5.74) is 0.181. The molecule has 0 aromatic heterocycles. The Kier molecular flexibility index (Phi) is 4.14. The third-order valence-electron chi connectivity index (χ3n) is 3.55. The molecule has 0 aliphatic carbocycles. The SMILES string of the molecule is COC(=O)CCC(C)(C)C(C)CC1CO1. The van der Waals surface area contributed by atoms with Crippen LogP contribution in [0.3, 0.4) is 0 Å². The number of hydrogen-bond donors (Lipinski definition) is 0. The van der Waals surface area contributed by atoms with Crippen molar-refractivity contribution >= 4 is 5.97 Å². The predicted octanol–water partition coefficient (Wildman–Crippen LogP) is 2.39. The van der Waals surface area contributed by atoms with Crippen LogP contribution in [0.1, 0.15) is 40.0 Å². The zero-order valence-corrected chi connectivity index (χ0v) is 10.2. The fourth-order valence-corrected chi connectivity index (χ4v) is 1.69. The van der Waals surface area contributed by atoms with Gasteiger partial charge in [0.1, 0.15) is 0 Å². The lowest BCUT2D eigenvalue weighted by Gasteiger charge is -2.31. The highest BCUT2D eigenvalue weighted by molar-refractivity contribution is 5.69.